The van der Waals surface area contributed by atoms with Gasteiger partial charge in [-0.1, -0.05) is 6.07 Å². The van der Waals surface area contributed by atoms with Crippen LogP contribution in [0, 0.1) is 25.2 Å². The first kappa shape index (κ1) is 29.8. The lowest BCUT2D eigenvalue weighted by atomic mass is 10.0. The molecule has 2 saturated heterocycles. The molecule has 8 nitrogen and oxygen atoms in total. The van der Waals surface area contributed by atoms with Gasteiger partial charge in [-0.25, -0.2) is 9.97 Å². The third-order valence-electron chi connectivity index (χ3n) is 8.68. The molecule has 0 spiro atoms. The zero-order valence-electron chi connectivity index (χ0n) is 24.6. The molecule has 2 aliphatic heterocycles. The van der Waals surface area contributed by atoms with E-state index in [-0.39, 0.29) is 10.9 Å². The molecule has 0 aliphatic carbocycles. The van der Waals surface area contributed by atoms with E-state index in [1.165, 1.54) is 11.1 Å². The van der Waals surface area contributed by atoms with Gasteiger partial charge in [0.25, 0.3) is 0 Å². The fraction of sp³-hybridized carbons (Fsp3) is 0.516. The second kappa shape index (κ2) is 12.4. The first-order chi connectivity index (χ1) is 20.7. The smallest absolute Gasteiger partial charge is 0.367 e. The molecule has 0 atom stereocenters. The molecule has 0 bridgehead atoms. The molecule has 12 heteroatoms. The number of nitriles is 1. The zero-order chi connectivity index (χ0) is 30.1. The molecular formula is C31H37F3N8S. The lowest BCUT2D eigenvalue weighted by Crippen LogP contribution is -2.44. The fourth-order valence-electron chi connectivity index (χ4n) is 6.34. The van der Waals surface area contributed by atoms with Crippen LogP contribution in [0.4, 0.5) is 19.0 Å². The van der Waals surface area contributed by atoms with Gasteiger partial charge in [0.15, 0.2) is 0 Å². The summed E-state index contributed by atoms with van der Waals surface area (Å²) in [4.78, 5) is 14.7. The van der Waals surface area contributed by atoms with Gasteiger partial charge >= 0.3 is 6.18 Å². The highest BCUT2D eigenvalue weighted by Gasteiger charge is 2.29. The number of hydrogen-bond donors (Lipinski definition) is 2. The Bertz CT molecular complexity index is 1640. The van der Waals surface area contributed by atoms with Crippen molar-refractivity contribution in [3.8, 4) is 6.07 Å². The van der Waals surface area contributed by atoms with Gasteiger partial charge in [0.05, 0.1) is 11.8 Å². The number of thiophene rings is 1. The standard InChI is InChI=1S/C31H37F3N8S/c1-20-22(3-4-28-26(20)15-24(18-35)42(28)14-13-40-11-7-36-8-12-40)19-41-9-5-23(6-10-41)39-29-27-16-25(17-31(32,33)34)43-30(27)38-21(2)37-29/h3-4,15-16,23,36H,5-14,17,19H2,1-2H3,(H,37,38,39). The molecule has 0 amide bonds. The third-order valence-corrected chi connectivity index (χ3v) is 9.71. The molecular weight excluding hydrogens is 573 g/mol. The maximum atomic E-state index is 13.0. The predicted octanol–water partition coefficient (Wildman–Crippen LogP) is 5.22. The van der Waals surface area contributed by atoms with Crippen LogP contribution in [0.5, 0.6) is 0 Å². The van der Waals surface area contributed by atoms with Crippen molar-refractivity contribution in [2.24, 2.45) is 0 Å². The average Bonchev–Trinajstić information content (AvgIpc) is 3.54. The van der Waals surface area contributed by atoms with Gasteiger partial charge in [-0.2, -0.15) is 18.4 Å². The van der Waals surface area contributed by atoms with Gasteiger partial charge in [-0.3, -0.25) is 9.80 Å². The van der Waals surface area contributed by atoms with E-state index in [1.54, 1.807) is 13.0 Å². The normalized spacial score (nSPS) is 17.6. The predicted molar refractivity (Wildman–Crippen MR) is 165 cm³/mol. The summed E-state index contributed by atoms with van der Waals surface area (Å²) in [7, 11) is 0. The van der Waals surface area contributed by atoms with Crippen molar-refractivity contribution < 1.29 is 13.2 Å². The van der Waals surface area contributed by atoms with E-state index >= 15 is 0 Å². The van der Waals surface area contributed by atoms with E-state index in [0.717, 1.165) is 94.0 Å². The largest absolute Gasteiger partial charge is 0.393 e. The van der Waals surface area contributed by atoms with E-state index in [1.807, 2.05) is 6.07 Å². The summed E-state index contributed by atoms with van der Waals surface area (Å²) >= 11 is 1.09. The number of fused-ring (bicyclic) bond motifs is 2. The Morgan fingerprint density at radius 1 is 1.02 bits per heavy atom. The van der Waals surface area contributed by atoms with Crippen molar-refractivity contribution in [3.05, 3.63) is 51.8 Å². The number of nitrogens with one attached hydrogen (secondary N) is 2. The minimum atomic E-state index is -4.25. The Kier molecular flexibility index (Phi) is 8.60. The molecule has 0 unspecified atom stereocenters. The van der Waals surface area contributed by atoms with Gasteiger partial charge < -0.3 is 15.2 Å². The van der Waals surface area contributed by atoms with E-state index in [4.69, 9.17) is 0 Å². The van der Waals surface area contributed by atoms with E-state index in [9.17, 15) is 18.4 Å². The van der Waals surface area contributed by atoms with Crippen LogP contribution in [0.25, 0.3) is 21.1 Å². The van der Waals surface area contributed by atoms with Gasteiger partial charge in [0.1, 0.15) is 28.2 Å². The lowest BCUT2D eigenvalue weighted by molar-refractivity contribution is -0.126. The van der Waals surface area contributed by atoms with Crippen molar-refractivity contribution in [3.63, 3.8) is 0 Å². The number of rotatable bonds is 8. The number of alkyl halides is 3. The third kappa shape index (κ3) is 6.80. The summed E-state index contributed by atoms with van der Waals surface area (Å²) in [5, 5.41) is 18.6. The van der Waals surface area contributed by atoms with Crippen LogP contribution in [0.1, 0.15) is 40.4 Å². The molecule has 43 heavy (non-hydrogen) atoms. The molecule has 2 N–H and O–H groups in total. The van der Waals surface area contributed by atoms with Crippen LogP contribution in [0.15, 0.2) is 24.3 Å². The number of halogens is 3. The number of nitrogens with zero attached hydrogens (tertiary/aromatic N) is 6. The summed E-state index contributed by atoms with van der Waals surface area (Å²) in [5.74, 6) is 1.18. The van der Waals surface area contributed by atoms with Crippen LogP contribution >= 0.6 is 11.3 Å². The second-order valence-corrected chi connectivity index (χ2v) is 12.8. The number of aromatic nitrogens is 3. The molecule has 1 aromatic carbocycles. The van der Waals surface area contributed by atoms with E-state index in [2.05, 4.69) is 60.1 Å². The Hall–Kier alpha value is -3.24. The number of benzene rings is 1. The number of piperidine rings is 1. The van der Waals surface area contributed by atoms with E-state index in [0.29, 0.717) is 27.6 Å². The number of likely N-dealkylation sites (tertiary alicyclic amines) is 1. The molecule has 0 saturated carbocycles. The van der Waals surface area contributed by atoms with Crippen LogP contribution < -0.4 is 10.6 Å². The minimum absolute atomic E-state index is 0.186. The highest BCUT2D eigenvalue weighted by atomic mass is 32.1. The highest BCUT2D eigenvalue weighted by Crippen LogP contribution is 2.34. The summed E-state index contributed by atoms with van der Waals surface area (Å²) < 4.78 is 41.1. The monoisotopic (exact) mass is 610 g/mol. The lowest BCUT2D eigenvalue weighted by Gasteiger charge is -2.33. The molecule has 2 aliphatic rings. The van der Waals surface area contributed by atoms with Crippen LogP contribution in [0.3, 0.4) is 0 Å². The summed E-state index contributed by atoms with van der Waals surface area (Å²) in [6.07, 6.45) is -3.38. The molecule has 5 heterocycles. The number of hydrogen-bond acceptors (Lipinski definition) is 8. The molecule has 3 aromatic heterocycles. The molecule has 6 rings (SSSR count). The quantitative estimate of drug-likeness (QED) is 0.283. The van der Waals surface area contributed by atoms with Crippen molar-refractivity contribution in [1.82, 2.24) is 29.7 Å². The Balaban J connectivity index is 1.10. The van der Waals surface area contributed by atoms with Crippen LogP contribution in [-0.2, 0) is 19.5 Å². The minimum Gasteiger partial charge on any atom is -0.367 e. The Morgan fingerprint density at radius 3 is 2.51 bits per heavy atom. The van der Waals surface area contributed by atoms with Gasteiger partial charge in [0.2, 0.25) is 0 Å². The maximum Gasteiger partial charge on any atom is 0.393 e. The van der Waals surface area contributed by atoms with Crippen molar-refractivity contribution in [2.45, 2.75) is 58.4 Å². The molecule has 0 radical (unpaired) electrons. The second-order valence-electron chi connectivity index (χ2n) is 11.7. The Morgan fingerprint density at radius 2 is 1.79 bits per heavy atom. The summed E-state index contributed by atoms with van der Waals surface area (Å²) in [6.45, 7) is 12.4. The summed E-state index contributed by atoms with van der Waals surface area (Å²) in [5.41, 5.74) is 4.32. The number of anilines is 1. The van der Waals surface area contributed by atoms with Crippen LogP contribution in [0.2, 0.25) is 0 Å². The zero-order valence-corrected chi connectivity index (χ0v) is 25.4. The topological polar surface area (TPSA) is 85.0 Å². The van der Waals surface area contributed by atoms with E-state index < -0.39 is 12.6 Å². The summed E-state index contributed by atoms with van der Waals surface area (Å²) in [6, 6.07) is 10.6. The van der Waals surface area contributed by atoms with Crippen molar-refractivity contribution in [1.29, 1.82) is 5.26 Å². The van der Waals surface area contributed by atoms with Gasteiger partial charge in [0, 0.05) is 80.7 Å². The van der Waals surface area contributed by atoms with Crippen LogP contribution in [-0.4, -0.2) is 82.4 Å². The highest BCUT2D eigenvalue weighted by molar-refractivity contribution is 7.18. The molecule has 2 fully saturated rings. The first-order valence-electron chi connectivity index (χ1n) is 14.9. The first-order valence-corrected chi connectivity index (χ1v) is 15.8. The van der Waals surface area contributed by atoms with Gasteiger partial charge in [-0.15, -0.1) is 11.3 Å². The Labute approximate surface area is 253 Å². The van der Waals surface area contributed by atoms with Gasteiger partial charge in [-0.05, 0) is 56.0 Å². The number of piperazine rings is 1. The average molecular weight is 611 g/mol. The SMILES string of the molecule is Cc1nc(NC2CCN(Cc3ccc4c(cc(C#N)n4CCN4CCNCC4)c3C)CC2)c2cc(CC(F)(F)F)sc2n1. The number of aryl methyl sites for hydroxylation is 2. The van der Waals surface area contributed by atoms with Crippen molar-refractivity contribution in [2.75, 3.05) is 51.1 Å². The fourth-order valence-corrected chi connectivity index (χ4v) is 7.45. The molecule has 4 aromatic rings. The van der Waals surface area contributed by atoms with Crippen molar-refractivity contribution >= 4 is 38.3 Å². The molecule has 228 valence electrons. The maximum absolute atomic E-state index is 13.0.